The van der Waals surface area contributed by atoms with Gasteiger partial charge < -0.3 is 9.72 Å². The highest BCUT2D eigenvalue weighted by Gasteiger charge is 2.02. The van der Waals surface area contributed by atoms with Crippen molar-refractivity contribution in [2.75, 3.05) is 6.61 Å². The SMILES string of the molecule is CCOC(=N)c1ccc2[nH]ccc2c1. The van der Waals surface area contributed by atoms with E-state index in [-0.39, 0.29) is 5.90 Å². The first kappa shape index (κ1) is 8.81. The molecule has 0 aliphatic heterocycles. The second kappa shape index (κ2) is 3.54. The van der Waals surface area contributed by atoms with Crippen LogP contribution in [0.15, 0.2) is 30.5 Å². The predicted molar refractivity (Wildman–Crippen MR) is 56.8 cm³/mol. The van der Waals surface area contributed by atoms with Crippen LogP contribution in [0.1, 0.15) is 12.5 Å². The van der Waals surface area contributed by atoms with E-state index in [1.54, 1.807) is 0 Å². The molecule has 0 aliphatic carbocycles. The summed E-state index contributed by atoms with van der Waals surface area (Å²) in [7, 11) is 0. The summed E-state index contributed by atoms with van der Waals surface area (Å²) in [5, 5.41) is 8.73. The van der Waals surface area contributed by atoms with Crippen molar-refractivity contribution < 1.29 is 4.74 Å². The maximum absolute atomic E-state index is 7.63. The second-order valence-corrected chi connectivity index (χ2v) is 3.04. The van der Waals surface area contributed by atoms with Crippen LogP contribution in [0.4, 0.5) is 0 Å². The van der Waals surface area contributed by atoms with E-state index in [1.807, 2.05) is 37.4 Å². The summed E-state index contributed by atoms with van der Waals surface area (Å²) in [5.74, 6) is 0.232. The molecule has 0 bridgehead atoms. The molecule has 1 aromatic carbocycles. The van der Waals surface area contributed by atoms with E-state index in [2.05, 4.69) is 4.98 Å². The van der Waals surface area contributed by atoms with Crippen molar-refractivity contribution in [1.29, 1.82) is 5.41 Å². The summed E-state index contributed by atoms with van der Waals surface area (Å²) < 4.78 is 5.13. The molecule has 2 aromatic rings. The van der Waals surface area contributed by atoms with Crippen LogP contribution in [0.3, 0.4) is 0 Å². The molecule has 0 radical (unpaired) electrons. The molecule has 3 nitrogen and oxygen atoms in total. The highest BCUT2D eigenvalue weighted by Crippen LogP contribution is 2.14. The van der Waals surface area contributed by atoms with Gasteiger partial charge in [-0.3, -0.25) is 5.41 Å². The van der Waals surface area contributed by atoms with Gasteiger partial charge in [0.2, 0.25) is 5.90 Å². The van der Waals surface area contributed by atoms with E-state index in [1.165, 1.54) is 0 Å². The number of benzene rings is 1. The first-order valence-corrected chi connectivity index (χ1v) is 4.60. The molecule has 0 saturated heterocycles. The molecule has 14 heavy (non-hydrogen) atoms. The highest BCUT2D eigenvalue weighted by molar-refractivity contribution is 5.96. The summed E-state index contributed by atoms with van der Waals surface area (Å²) in [6.45, 7) is 2.41. The molecule has 72 valence electrons. The number of aromatic nitrogens is 1. The van der Waals surface area contributed by atoms with Gasteiger partial charge in [-0.2, -0.15) is 0 Å². The van der Waals surface area contributed by atoms with Gasteiger partial charge in [-0.05, 0) is 31.2 Å². The Morgan fingerprint density at radius 2 is 2.29 bits per heavy atom. The minimum Gasteiger partial charge on any atom is -0.478 e. The Kier molecular flexibility index (Phi) is 2.23. The van der Waals surface area contributed by atoms with Gasteiger partial charge in [-0.25, -0.2) is 0 Å². The van der Waals surface area contributed by atoms with Crippen molar-refractivity contribution in [3.63, 3.8) is 0 Å². The Morgan fingerprint density at radius 1 is 1.43 bits per heavy atom. The van der Waals surface area contributed by atoms with Crippen molar-refractivity contribution in [1.82, 2.24) is 4.98 Å². The fraction of sp³-hybridized carbons (Fsp3) is 0.182. The minimum atomic E-state index is 0.232. The average molecular weight is 188 g/mol. The molecule has 0 aliphatic rings. The minimum absolute atomic E-state index is 0.232. The average Bonchev–Trinajstić information content (AvgIpc) is 2.64. The molecule has 0 unspecified atom stereocenters. The Bertz CT molecular complexity index is 459. The van der Waals surface area contributed by atoms with Crippen LogP contribution >= 0.6 is 0 Å². The number of hydrogen-bond acceptors (Lipinski definition) is 2. The molecule has 1 aromatic heterocycles. The molecule has 2 N–H and O–H groups in total. The molecule has 0 fully saturated rings. The van der Waals surface area contributed by atoms with Gasteiger partial charge >= 0.3 is 0 Å². The number of nitrogens with one attached hydrogen (secondary N) is 2. The van der Waals surface area contributed by atoms with Crippen molar-refractivity contribution >= 4 is 16.8 Å². The molecule has 0 saturated carbocycles. The summed E-state index contributed by atoms with van der Waals surface area (Å²) >= 11 is 0. The Labute approximate surface area is 82.2 Å². The van der Waals surface area contributed by atoms with E-state index in [0.717, 1.165) is 16.5 Å². The third-order valence-corrected chi connectivity index (χ3v) is 2.10. The number of hydrogen-bond donors (Lipinski definition) is 2. The smallest absolute Gasteiger partial charge is 0.213 e. The number of H-pyrrole nitrogens is 1. The lowest BCUT2D eigenvalue weighted by Crippen LogP contribution is -2.03. The van der Waals surface area contributed by atoms with Gasteiger partial charge in [0.1, 0.15) is 0 Å². The zero-order chi connectivity index (χ0) is 9.97. The molecule has 0 spiro atoms. The summed E-state index contributed by atoms with van der Waals surface area (Å²) in [4.78, 5) is 3.11. The van der Waals surface area contributed by atoms with Crippen LogP contribution in [0.25, 0.3) is 10.9 Å². The second-order valence-electron chi connectivity index (χ2n) is 3.04. The lowest BCUT2D eigenvalue weighted by atomic mass is 10.1. The fourth-order valence-electron chi connectivity index (χ4n) is 1.42. The van der Waals surface area contributed by atoms with Gasteiger partial charge in [0.15, 0.2) is 0 Å². The first-order valence-electron chi connectivity index (χ1n) is 4.60. The van der Waals surface area contributed by atoms with Crippen molar-refractivity contribution in [2.24, 2.45) is 0 Å². The zero-order valence-electron chi connectivity index (χ0n) is 8.00. The summed E-state index contributed by atoms with van der Waals surface area (Å²) in [6.07, 6.45) is 1.89. The number of rotatable bonds is 2. The van der Waals surface area contributed by atoms with Gasteiger partial charge in [-0.15, -0.1) is 0 Å². The quantitative estimate of drug-likeness (QED) is 0.552. The zero-order valence-corrected chi connectivity index (χ0v) is 8.00. The largest absolute Gasteiger partial charge is 0.478 e. The van der Waals surface area contributed by atoms with E-state index in [0.29, 0.717) is 6.61 Å². The van der Waals surface area contributed by atoms with Crippen molar-refractivity contribution in [3.05, 3.63) is 36.0 Å². The lowest BCUT2D eigenvalue weighted by Gasteiger charge is -2.04. The lowest BCUT2D eigenvalue weighted by molar-refractivity contribution is 0.325. The van der Waals surface area contributed by atoms with Crippen LogP contribution < -0.4 is 0 Å². The Hall–Kier alpha value is -1.77. The van der Waals surface area contributed by atoms with Crippen LogP contribution in [-0.4, -0.2) is 17.5 Å². The van der Waals surface area contributed by atoms with E-state index in [4.69, 9.17) is 10.1 Å². The van der Waals surface area contributed by atoms with Gasteiger partial charge in [-0.1, -0.05) is 0 Å². The van der Waals surface area contributed by atoms with Crippen LogP contribution in [0.2, 0.25) is 0 Å². The van der Waals surface area contributed by atoms with Crippen molar-refractivity contribution in [2.45, 2.75) is 6.92 Å². The molecular formula is C11H12N2O. The van der Waals surface area contributed by atoms with E-state index < -0.39 is 0 Å². The van der Waals surface area contributed by atoms with Crippen LogP contribution in [0.5, 0.6) is 0 Å². The number of ether oxygens (including phenoxy) is 1. The molecule has 0 atom stereocenters. The van der Waals surface area contributed by atoms with E-state index in [9.17, 15) is 0 Å². The third kappa shape index (κ3) is 1.48. The molecule has 2 rings (SSSR count). The van der Waals surface area contributed by atoms with Gasteiger partial charge in [0, 0.05) is 22.7 Å². The van der Waals surface area contributed by atoms with Crippen LogP contribution in [0, 0.1) is 5.41 Å². The molecule has 3 heteroatoms. The molecular weight excluding hydrogens is 176 g/mol. The topological polar surface area (TPSA) is 48.9 Å². The Morgan fingerprint density at radius 3 is 3.07 bits per heavy atom. The van der Waals surface area contributed by atoms with Gasteiger partial charge in [0.25, 0.3) is 0 Å². The maximum Gasteiger partial charge on any atom is 0.213 e. The normalized spacial score (nSPS) is 10.4. The summed E-state index contributed by atoms with van der Waals surface area (Å²) in [6, 6.07) is 7.77. The Balaban J connectivity index is 2.38. The molecule has 0 amide bonds. The predicted octanol–water partition coefficient (Wildman–Crippen LogP) is 2.53. The number of fused-ring (bicyclic) bond motifs is 1. The maximum atomic E-state index is 7.63. The van der Waals surface area contributed by atoms with Gasteiger partial charge in [0.05, 0.1) is 6.61 Å². The third-order valence-electron chi connectivity index (χ3n) is 2.10. The molecule has 1 heterocycles. The number of aromatic amines is 1. The van der Waals surface area contributed by atoms with Crippen molar-refractivity contribution in [3.8, 4) is 0 Å². The van der Waals surface area contributed by atoms with Crippen LogP contribution in [-0.2, 0) is 4.74 Å². The standard InChI is InChI=1S/C11H12N2O/c1-2-14-11(12)9-3-4-10-8(7-9)5-6-13-10/h3-7,12-13H,2H2,1H3. The van der Waals surface area contributed by atoms with E-state index >= 15 is 0 Å². The monoisotopic (exact) mass is 188 g/mol. The summed E-state index contributed by atoms with van der Waals surface area (Å²) in [5.41, 5.74) is 1.90. The first-order chi connectivity index (χ1) is 6.81. The fourth-order valence-corrected chi connectivity index (χ4v) is 1.42. The highest BCUT2D eigenvalue weighted by atomic mass is 16.5.